The topological polar surface area (TPSA) is 55.8 Å². The molecule has 2 fully saturated rings. The molecule has 0 aromatic heterocycles. The van der Waals surface area contributed by atoms with Gasteiger partial charge in [-0.3, -0.25) is 4.79 Å². The summed E-state index contributed by atoms with van der Waals surface area (Å²) in [5, 5.41) is 9.39. The quantitative estimate of drug-likeness (QED) is 0.228. The van der Waals surface area contributed by atoms with Gasteiger partial charge in [-0.15, -0.1) is 0 Å². The minimum atomic E-state index is -4.50. The highest BCUT2D eigenvalue weighted by molar-refractivity contribution is 5.71. The second-order valence-electron chi connectivity index (χ2n) is 12.3. The summed E-state index contributed by atoms with van der Waals surface area (Å²) in [6.45, 7) is 3.19. The summed E-state index contributed by atoms with van der Waals surface area (Å²) >= 11 is 0. The number of benzene rings is 3. The molecule has 3 aromatic rings. The van der Waals surface area contributed by atoms with Crippen LogP contribution in [0.15, 0.2) is 60.7 Å². The predicted octanol–water partition coefficient (Wildman–Crippen LogP) is 9.27. The summed E-state index contributed by atoms with van der Waals surface area (Å²) in [7, 11) is 0. The van der Waals surface area contributed by atoms with Crippen molar-refractivity contribution in [3.05, 3.63) is 83.2 Å². The van der Waals surface area contributed by atoms with Crippen LogP contribution in [0, 0.1) is 17.2 Å². The molecule has 2 atom stereocenters. The van der Waals surface area contributed by atoms with Gasteiger partial charge in [-0.1, -0.05) is 50.6 Å². The van der Waals surface area contributed by atoms with Crippen molar-refractivity contribution in [3.63, 3.8) is 0 Å². The lowest BCUT2D eigenvalue weighted by molar-refractivity contribution is -0.153. The van der Waals surface area contributed by atoms with Gasteiger partial charge in [0, 0.05) is 5.56 Å². The minimum absolute atomic E-state index is 0.0349. The van der Waals surface area contributed by atoms with Crippen molar-refractivity contribution >= 4 is 5.97 Å². The molecule has 1 N–H and O–H groups in total. The number of ether oxygens (including phenoxy) is 2. The van der Waals surface area contributed by atoms with Crippen LogP contribution >= 0.6 is 0 Å². The van der Waals surface area contributed by atoms with Crippen LogP contribution in [0.4, 0.5) is 17.6 Å². The van der Waals surface area contributed by atoms with E-state index in [1.165, 1.54) is 12.1 Å². The number of alkyl halides is 3. The molecule has 42 heavy (non-hydrogen) atoms. The van der Waals surface area contributed by atoms with Crippen molar-refractivity contribution in [1.82, 2.24) is 0 Å². The Kier molecular flexibility index (Phi) is 8.53. The van der Waals surface area contributed by atoms with Crippen molar-refractivity contribution in [1.29, 1.82) is 0 Å². The zero-order valence-corrected chi connectivity index (χ0v) is 23.8. The lowest BCUT2D eigenvalue weighted by Crippen LogP contribution is -2.19. The average molecular weight is 585 g/mol. The Labute approximate surface area is 243 Å². The molecule has 0 bridgehead atoms. The maximum absolute atomic E-state index is 15.2. The summed E-state index contributed by atoms with van der Waals surface area (Å²) in [6, 6.07) is 17.0. The smallest absolute Gasteiger partial charge is 0.422 e. The van der Waals surface area contributed by atoms with E-state index in [1.54, 1.807) is 0 Å². The van der Waals surface area contributed by atoms with Gasteiger partial charge in [0.25, 0.3) is 0 Å². The molecular formula is C34H36F4O4. The third-order valence-electron chi connectivity index (χ3n) is 8.66. The largest absolute Gasteiger partial charge is 0.489 e. The number of hydrogen-bond acceptors (Lipinski definition) is 3. The maximum Gasteiger partial charge on any atom is 0.422 e. The molecule has 0 spiro atoms. The lowest BCUT2D eigenvalue weighted by atomic mass is 9.75. The van der Waals surface area contributed by atoms with Gasteiger partial charge in [0.15, 0.2) is 6.61 Å². The maximum atomic E-state index is 15.2. The molecule has 0 saturated heterocycles. The first-order valence-electron chi connectivity index (χ1n) is 14.5. The first kappa shape index (κ1) is 29.9. The minimum Gasteiger partial charge on any atom is -0.489 e. The normalized spacial score (nSPS) is 19.0. The fraction of sp³-hybridized carbons (Fsp3) is 0.441. The highest BCUT2D eigenvalue weighted by Crippen LogP contribution is 2.51. The number of carboxylic acid groups (broad SMARTS) is 1. The van der Waals surface area contributed by atoms with Crippen LogP contribution < -0.4 is 9.47 Å². The van der Waals surface area contributed by atoms with Crippen molar-refractivity contribution < 1.29 is 36.9 Å². The van der Waals surface area contributed by atoms with Gasteiger partial charge in [0.2, 0.25) is 0 Å². The molecule has 0 amide bonds. The van der Waals surface area contributed by atoms with Gasteiger partial charge in [0.1, 0.15) is 23.9 Å². The monoisotopic (exact) mass is 584 g/mol. The first-order chi connectivity index (χ1) is 19.9. The van der Waals surface area contributed by atoms with Gasteiger partial charge >= 0.3 is 12.1 Å². The van der Waals surface area contributed by atoms with Crippen molar-refractivity contribution in [2.45, 2.75) is 77.0 Å². The van der Waals surface area contributed by atoms with E-state index < -0.39 is 24.6 Å². The van der Waals surface area contributed by atoms with Crippen LogP contribution in [-0.2, 0) is 11.4 Å². The van der Waals surface area contributed by atoms with Gasteiger partial charge in [-0.2, -0.15) is 13.2 Å². The Bertz CT molecular complexity index is 1430. The summed E-state index contributed by atoms with van der Waals surface area (Å²) in [5.74, 6) is -0.249. The fourth-order valence-electron chi connectivity index (χ4n) is 6.35. The third-order valence-corrected chi connectivity index (χ3v) is 8.66. The summed E-state index contributed by atoms with van der Waals surface area (Å²) in [4.78, 5) is 11.4. The highest BCUT2D eigenvalue weighted by Gasteiger charge is 2.37. The number of aliphatic carboxylic acids is 1. The summed E-state index contributed by atoms with van der Waals surface area (Å²) in [5.41, 5.74) is 3.59. The Morgan fingerprint density at radius 2 is 1.74 bits per heavy atom. The number of halogens is 4. The number of carbonyl (C=O) groups is 1. The van der Waals surface area contributed by atoms with E-state index in [0.29, 0.717) is 17.2 Å². The van der Waals surface area contributed by atoms with E-state index in [0.717, 1.165) is 54.9 Å². The van der Waals surface area contributed by atoms with Crippen LogP contribution in [0.3, 0.4) is 0 Å². The molecule has 224 valence electrons. The number of carboxylic acids is 1. The molecule has 2 aliphatic rings. The molecule has 3 aromatic carbocycles. The van der Waals surface area contributed by atoms with Crippen LogP contribution in [0.25, 0.3) is 11.1 Å². The van der Waals surface area contributed by atoms with Crippen molar-refractivity contribution in [2.24, 2.45) is 11.3 Å². The number of rotatable bonds is 11. The Morgan fingerprint density at radius 3 is 2.40 bits per heavy atom. The predicted molar refractivity (Wildman–Crippen MR) is 152 cm³/mol. The van der Waals surface area contributed by atoms with E-state index in [9.17, 15) is 23.1 Å². The zero-order valence-electron chi connectivity index (χ0n) is 23.8. The first-order valence-corrected chi connectivity index (χ1v) is 14.5. The molecular weight excluding hydrogens is 548 g/mol. The SMILES string of the molecule is CC1(C)CCC[C@H]1c1cc(COc2cccc([C@H](CC(=O)O)C3CC3)c2)ccc1-c1cc(OCC(F)(F)F)ccc1F. The van der Waals surface area contributed by atoms with Crippen molar-refractivity contribution in [3.8, 4) is 22.6 Å². The van der Waals surface area contributed by atoms with Gasteiger partial charge < -0.3 is 14.6 Å². The summed E-state index contributed by atoms with van der Waals surface area (Å²) in [6.07, 6.45) is 0.630. The average Bonchev–Trinajstić information content (AvgIpc) is 3.71. The van der Waals surface area contributed by atoms with E-state index >= 15 is 4.39 Å². The highest BCUT2D eigenvalue weighted by atomic mass is 19.4. The van der Waals surface area contributed by atoms with Gasteiger partial charge in [0.05, 0.1) is 6.42 Å². The standard InChI is InChI=1S/C34H36F4O4/c1-33(2)14-4-7-30(33)28-15-21(8-12-26(28)29-17-25(11-13-31(29)35)42-20-34(36,37)38)19-41-24-6-3-5-23(16-24)27(18-32(39)40)22-9-10-22/h3,5-6,8,11-13,15-17,22,27,30H,4,7,9-10,14,18-20H2,1-2H3,(H,39,40)/t27-,30+/m1/s1. The molecule has 0 unspecified atom stereocenters. The van der Waals surface area contributed by atoms with Crippen LogP contribution in [0.2, 0.25) is 0 Å². The molecule has 0 heterocycles. The van der Waals surface area contributed by atoms with Gasteiger partial charge in [-0.05, 0) is 101 Å². The third kappa shape index (κ3) is 7.26. The van der Waals surface area contributed by atoms with Gasteiger partial charge in [-0.25, -0.2) is 4.39 Å². The van der Waals surface area contributed by atoms with Crippen molar-refractivity contribution in [2.75, 3.05) is 6.61 Å². The molecule has 4 nitrogen and oxygen atoms in total. The second kappa shape index (κ2) is 12.0. The van der Waals surface area contributed by atoms with Crippen LogP contribution in [-0.4, -0.2) is 23.9 Å². The van der Waals surface area contributed by atoms with Crippen LogP contribution in [0.5, 0.6) is 11.5 Å². The molecule has 0 radical (unpaired) electrons. The Hall–Kier alpha value is -3.55. The van der Waals surface area contributed by atoms with E-state index in [-0.39, 0.29) is 41.6 Å². The molecule has 5 rings (SSSR count). The van der Waals surface area contributed by atoms with E-state index in [1.807, 2.05) is 42.5 Å². The lowest BCUT2D eigenvalue weighted by Gasteiger charge is -2.30. The number of hydrogen-bond donors (Lipinski definition) is 1. The molecule has 8 heteroatoms. The van der Waals surface area contributed by atoms with Crippen LogP contribution in [0.1, 0.15) is 80.9 Å². The zero-order chi connectivity index (χ0) is 30.1. The molecule has 2 aliphatic carbocycles. The Balaban J connectivity index is 1.42. The second-order valence-corrected chi connectivity index (χ2v) is 12.3. The molecule has 0 aliphatic heterocycles. The summed E-state index contributed by atoms with van der Waals surface area (Å²) < 4.78 is 64.5. The Morgan fingerprint density at radius 1 is 0.976 bits per heavy atom. The molecule has 2 saturated carbocycles. The fourth-order valence-corrected chi connectivity index (χ4v) is 6.35. The van der Waals surface area contributed by atoms with E-state index in [4.69, 9.17) is 9.47 Å². The van der Waals surface area contributed by atoms with E-state index in [2.05, 4.69) is 13.8 Å².